The third-order valence-electron chi connectivity index (χ3n) is 3.40. The molecule has 1 aromatic carbocycles. The highest BCUT2D eigenvalue weighted by atomic mass is 16.5. The van der Waals surface area contributed by atoms with E-state index in [2.05, 4.69) is 18.3 Å². The molecule has 4 nitrogen and oxygen atoms in total. The molecule has 19 heavy (non-hydrogen) atoms. The summed E-state index contributed by atoms with van der Waals surface area (Å²) in [5, 5.41) is 3.24. The van der Waals surface area contributed by atoms with Crippen molar-refractivity contribution < 1.29 is 9.53 Å². The molecule has 0 bridgehead atoms. The zero-order chi connectivity index (χ0) is 13.5. The van der Waals surface area contributed by atoms with E-state index in [9.17, 15) is 4.79 Å². The molecule has 0 radical (unpaired) electrons. The van der Waals surface area contributed by atoms with E-state index in [1.807, 2.05) is 23.1 Å². The van der Waals surface area contributed by atoms with Crippen molar-refractivity contribution in [1.29, 1.82) is 0 Å². The quantitative estimate of drug-likeness (QED) is 0.873. The Morgan fingerprint density at radius 3 is 2.79 bits per heavy atom. The topological polar surface area (TPSA) is 41.6 Å². The minimum atomic E-state index is 0.190. The molecule has 1 amide bonds. The third-order valence-corrected chi connectivity index (χ3v) is 3.40. The Kier molecular flexibility index (Phi) is 5.21. The number of aryl methyl sites for hydroxylation is 1. The minimum Gasteiger partial charge on any atom is -0.493 e. The number of nitrogens with zero attached hydrogens (tertiary/aromatic N) is 1. The van der Waals surface area contributed by atoms with Gasteiger partial charge in [0.15, 0.2) is 0 Å². The van der Waals surface area contributed by atoms with Crippen molar-refractivity contribution in [1.82, 2.24) is 10.2 Å². The fourth-order valence-corrected chi connectivity index (χ4v) is 2.26. The van der Waals surface area contributed by atoms with Gasteiger partial charge in [-0.1, -0.05) is 25.1 Å². The largest absolute Gasteiger partial charge is 0.493 e. The number of amides is 1. The van der Waals surface area contributed by atoms with Crippen molar-refractivity contribution >= 4 is 5.91 Å². The highest BCUT2D eigenvalue weighted by molar-refractivity contribution is 5.76. The molecule has 0 saturated carbocycles. The van der Waals surface area contributed by atoms with E-state index in [0.29, 0.717) is 13.0 Å². The summed E-state index contributed by atoms with van der Waals surface area (Å²) in [5.74, 6) is 1.09. The van der Waals surface area contributed by atoms with E-state index in [1.165, 1.54) is 5.56 Å². The molecule has 1 aliphatic heterocycles. The van der Waals surface area contributed by atoms with E-state index in [-0.39, 0.29) is 5.91 Å². The number of piperazine rings is 1. The summed E-state index contributed by atoms with van der Waals surface area (Å²) in [6.07, 6.45) is 1.40. The molecule has 0 aliphatic carbocycles. The molecule has 104 valence electrons. The Labute approximate surface area is 114 Å². The van der Waals surface area contributed by atoms with Crippen molar-refractivity contribution in [3.8, 4) is 5.75 Å². The third kappa shape index (κ3) is 3.96. The number of carbonyl (C=O) groups excluding carboxylic acids is 1. The van der Waals surface area contributed by atoms with Crippen molar-refractivity contribution in [3.63, 3.8) is 0 Å². The van der Waals surface area contributed by atoms with Gasteiger partial charge in [-0.05, 0) is 18.1 Å². The van der Waals surface area contributed by atoms with Crippen LogP contribution in [0.25, 0.3) is 0 Å². The first-order valence-electron chi connectivity index (χ1n) is 7.00. The zero-order valence-corrected chi connectivity index (χ0v) is 11.5. The number of benzene rings is 1. The van der Waals surface area contributed by atoms with Crippen LogP contribution in [0.15, 0.2) is 24.3 Å². The molecule has 0 atom stereocenters. The van der Waals surface area contributed by atoms with Crippen molar-refractivity contribution in [2.75, 3.05) is 32.8 Å². The summed E-state index contributed by atoms with van der Waals surface area (Å²) in [6.45, 7) is 5.97. The fourth-order valence-electron chi connectivity index (χ4n) is 2.26. The highest BCUT2D eigenvalue weighted by Gasteiger charge is 2.15. The number of nitrogens with one attached hydrogen (secondary N) is 1. The summed E-state index contributed by atoms with van der Waals surface area (Å²) in [5.41, 5.74) is 1.19. The predicted octanol–water partition coefficient (Wildman–Crippen LogP) is 1.45. The summed E-state index contributed by atoms with van der Waals surface area (Å²) >= 11 is 0. The summed E-state index contributed by atoms with van der Waals surface area (Å²) in [4.78, 5) is 13.9. The molecule has 1 fully saturated rings. The number of rotatable bonds is 5. The lowest BCUT2D eigenvalue weighted by Crippen LogP contribution is -2.46. The van der Waals surface area contributed by atoms with Crippen LogP contribution in [0.1, 0.15) is 18.9 Å². The van der Waals surface area contributed by atoms with Crippen LogP contribution in [0.3, 0.4) is 0 Å². The lowest BCUT2D eigenvalue weighted by Gasteiger charge is -2.27. The monoisotopic (exact) mass is 262 g/mol. The van der Waals surface area contributed by atoms with Gasteiger partial charge in [-0.2, -0.15) is 0 Å². The van der Waals surface area contributed by atoms with Crippen LogP contribution in [0.5, 0.6) is 5.75 Å². The van der Waals surface area contributed by atoms with Gasteiger partial charge >= 0.3 is 0 Å². The number of para-hydroxylation sites is 1. The van der Waals surface area contributed by atoms with E-state index in [4.69, 9.17) is 4.74 Å². The Hall–Kier alpha value is -1.55. The molecular weight excluding hydrogens is 240 g/mol. The smallest absolute Gasteiger partial charge is 0.226 e. The van der Waals surface area contributed by atoms with E-state index in [1.54, 1.807) is 0 Å². The normalized spacial score (nSPS) is 15.3. The van der Waals surface area contributed by atoms with Gasteiger partial charge in [-0.25, -0.2) is 0 Å². The molecule has 1 saturated heterocycles. The van der Waals surface area contributed by atoms with Crippen LogP contribution in [-0.4, -0.2) is 43.6 Å². The first-order chi connectivity index (χ1) is 9.31. The van der Waals surface area contributed by atoms with Gasteiger partial charge in [-0.15, -0.1) is 0 Å². The van der Waals surface area contributed by atoms with Crippen LogP contribution < -0.4 is 10.1 Å². The number of ether oxygens (including phenoxy) is 1. The Balaban J connectivity index is 1.78. The molecule has 1 heterocycles. The Morgan fingerprint density at radius 1 is 1.32 bits per heavy atom. The van der Waals surface area contributed by atoms with Gasteiger partial charge in [-0.3, -0.25) is 4.79 Å². The Morgan fingerprint density at radius 2 is 2.05 bits per heavy atom. The predicted molar refractivity (Wildman–Crippen MR) is 75.4 cm³/mol. The van der Waals surface area contributed by atoms with E-state index >= 15 is 0 Å². The van der Waals surface area contributed by atoms with Gasteiger partial charge < -0.3 is 15.0 Å². The lowest BCUT2D eigenvalue weighted by molar-refractivity contribution is -0.132. The van der Waals surface area contributed by atoms with Gasteiger partial charge in [0.2, 0.25) is 5.91 Å². The Bertz CT molecular complexity index is 414. The first-order valence-corrected chi connectivity index (χ1v) is 7.00. The average molecular weight is 262 g/mol. The molecule has 0 spiro atoms. The first kappa shape index (κ1) is 13.9. The van der Waals surface area contributed by atoms with Crippen LogP contribution in [0, 0.1) is 0 Å². The van der Waals surface area contributed by atoms with Crippen LogP contribution >= 0.6 is 0 Å². The number of hydrogen-bond donors (Lipinski definition) is 1. The summed E-state index contributed by atoms with van der Waals surface area (Å²) in [6, 6.07) is 8.01. The lowest BCUT2D eigenvalue weighted by atomic mass is 10.1. The SMILES string of the molecule is CCc1ccccc1OCCC(=O)N1CCNCC1. The van der Waals surface area contributed by atoms with Gasteiger partial charge in [0, 0.05) is 26.2 Å². The van der Waals surface area contributed by atoms with E-state index in [0.717, 1.165) is 38.3 Å². The minimum absolute atomic E-state index is 0.190. The maximum atomic E-state index is 12.0. The van der Waals surface area contributed by atoms with Crippen LogP contribution in [0.4, 0.5) is 0 Å². The second kappa shape index (κ2) is 7.14. The van der Waals surface area contributed by atoms with Gasteiger partial charge in [0.1, 0.15) is 5.75 Å². The summed E-state index contributed by atoms with van der Waals surface area (Å²) < 4.78 is 5.73. The van der Waals surface area contributed by atoms with Crippen LogP contribution in [-0.2, 0) is 11.2 Å². The molecule has 0 aromatic heterocycles. The fraction of sp³-hybridized carbons (Fsp3) is 0.533. The summed E-state index contributed by atoms with van der Waals surface area (Å²) in [7, 11) is 0. The molecule has 0 unspecified atom stereocenters. The molecule has 1 aromatic rings. The van der Waals surface area contributed by atoms with Crippen LogP contribution in [0.2, 0.25) is 0 Å². The van der Waals surface area contributed by atoms with Crippen molar-refractivity contribution in [2.24, 2.45) is 0 Å². The molecule has 1 N–H and O–H groups in total. The second-order valence-electron chi connectivity index (χ2n) is 4.69. The van der Waals surface area contributed by atoms with Gasteiger partial charge in [0.05, 0.1) is 13.0 Å². The molecule has 2 rings (SSSR count). The van der Waals surface area contributed by atoms with Gasteiger partial charge in [0.25, 0.3) is 0 Å². The molecule has 4 heteroatoms. The number of carbonyl (C=O) groups is 1. The number of hydrogen-bond acceptors (Lipinski definition) is 3. The maximum absolute atomic E-state index is 12.0. The van der Waals surface area contributed by atoms with Crippen molar-refractivity contribution in [2.45, 2.75) is 19.8 Å². The standard InChI is InChI=1S/C15H22N2O2/c1-2-13-5-3-4-6-14(13)19-12-7-15(18)17-10-8-16-9-11-17/h3-6,16H,2,7-12H2,1H3. The highest BCUT2D eigenvalue weighted by Crippen LogP contribution is 2.18. The molecule has 1 aliphatic rings. The maximum Gasteiger partial charge on any atom is 0.226 e. The van der Waals surface area contributed by atoms with E-state index < -0.39 is 0 Å². The van der Waals surface area contributed by atoms with Crippen molar-refractivity contribution in [3.05, 3.63) is 29.8 Å². The molecular formula is C15H22N2O2. The zero-order valence-electron chi connectivity index (χ0n) is 11.5. The second-order valence-corrected chi connectivity index (χ2v) is 4.69. The average Bonchev–Trinajstić information content (AvgIpc) is 2.48.